The lowest BCUT2D eigenvalue weighted by Gasteiger charge is -2.21. The second-order valence-electron chi connectivity index (χ2n) is 5.90. The molecule has 0 atom stereocenters. The summed E-state index contributed by atoms with van der Waals surface area (Å²) in [6.45, 7) is 7.13. The summed E-state index contributed by atoms with van der Waals surface area (Å²) >= 11 is 0. The van der Waals surface area contributed by atoms with Crippen molar-refractivity contribution in [2.45, 2.75) is 33.1 Å². The maximum Gasteiger partial charge on any atom is 0.229 e. The standard InChI is InChI=1S/C16H22N2O/c1-12(2)16(19)18-10-7-13-11-14(5-6-15(13)18)17-8-3-4-9-17/h5-6,11-12H,3-4,7-10H2,1-2H3. The van der Waals surface area contributed by atoms with Crippen LogP contribution in [0.15, 0.2) is 18.2 Å². The van der Waals surface area contributed by atoms with Gasteiger partial charge in [-0.3, -0.25) is 4.79 Å². The van der Waals surface area contributed by atoms with Crippen LogP contribution in [0, 0.1) is 5.92 Å². The monoisotopic (exact) mass is 258 g/mol. The molecule has 3 heteroatoms. The average Bonchev–Trinajstić information content (AvgIpc) is 3.06. The molecule has 2 aliphatic heterocycles. The Hall–Kier alpha value is -1.51. The molecule has 3 rings (SSSR count). The van der Waals surface area contributed by atoms with Crippen molar-refractivity contribution in [3.63, 3.8) is 0 Å². The Balaban J connectivity index is 1.85. The van der Waals surface area contributed by atoms with Gasteiger partial charge in [0, 0.05) is 36.9 Å². The van der Waals surface area contributed by atoms with Gasteiger partial charge in [0.2, 0.25) is 5.91 Å². The van der Waals surface area contributed by atoms with Crippen LogP contribution in [0.5, 0.6) is 0 Å². The van der Waals surface area contributed by atoms with Crippen LogP contribution in [-0.2, 0) is 11.2 Å². The number of hydrogen-bond donors (Lipinski definition) is 0. The predicted molar refractivity (Wildman–Crippen MR) is 78.8 cm³/mol. The Morgan fingerprint density at radius 1 is 1.16 bits per heavy atom. The molecule has 0 bridgehead atoms. The van der Waals surface area contributed by atoms with E-state index >= 15 is 0 Å². The fraction of sp³-hybridized carbons (Fsp3) is 0.562. The fourth-order valence-electron chi connectivity index (χ4n) is 3.10. The number of anilines is 2. The molecule has 0 radical (unpaired) electrons. The first-order valence-corrected chi connectivity index (χ1v) is 7.36. The molecule has 0 aromatic heterocycles. The Kier molecular flexibility index (Phi) is 3.21. The van der Waals surface area contributed by atoms with Crippen molar-refractivity contribution in [3.8, 4) is 0 Å². The normalized spacial score (nSPS) is 18.3. The van der Waals surface area contributed by atoms with Gasteiger partial charge >= 0.3 is 0 Å². The van der Waals surface area contributed by atoms with Gasteiger partial charge in [0.05, 0.1) is 0 Å². The van der Waals surface area contributed by atoms with Crippen LogP contribution < -0.4 is 9.80 Å². The maximum absolute atomic E-state index is 12.2. The highest BCUT2D eigenvalue weighted by Crippen LogP contribution is 2.33. The quantitative estimate of drug-likeness (QED) is 0.814. The molecule has 1 aromatic carbocycles. The van der Waals surface area contributed by atoms with Crippen LogP contribution in [0.3, 0.4) is 0 Å². The number of amides is 1. The minimum Gasteiger partial charge on any atom is -0.372 e. The molecule has 2 aliphatic rings. The molecule has 1 saturated heterocycles. The summed E-state index contributed by atoms with van der Waals surface area (Å²) < 4.78 is 0. The van der Waals surface area contributed by atoms with Crippen molar-refractivity contribution in [2.75, 3.05) is 29.4 Å². The van der Waals surface area contributed by atoms with E-state index in [-0.39, 0.29) is 11.8 Å². The highest BCUT2D eigenvalue weighted by atomic mass is 16.2. The molecule has 1 aromatic rings. The zero-order valence-corrected chi connectivity index (χ0v) is 11.9. The molecule has 0 saturated carbocycles. The molecule has 0 spiro atoms. The van der Waals surface area contributed by atoms with Crippen LogP contribution in [-0.4, -0.2) is 25.5 Å². The first kappa shape index (κ1) is 12.5. The summed E-state index contributed by atoms with van der Waals surface area (Å²) in [5.74, 6) is 0.317. The van der Waals surface area contributed by atoms with E-state index in [1.165, 1.54) is 37.2 Å². The largest absolute Gasteiger partial charge is 0.372 e. The summed E-state index contributed by atoms with van der Waals surface area (Å²) in [5, 5.41) is 0. The van der Waals surface area contributed by atoms with Crippen LogP contribution in [0.25, 0.3) is 0 Å². The van der Waals surface area contributed by atoms with Crippen molar-refractivity contribution in [1.82, 2.24) is 0 Å². The minimum atomic E-state index is 0.0733. The lowest BCUT2D eigenvalue weighted by molar-refractivity contribution is -0.121. The molecule has 0 N–H and O–H groups in total. The molecule has 2 heterocycles. The van der Waals surface area contributed by atoms with Gasteiger partial charge in [-0.2, -0.15) is 0 Å². The highest BCUT2D eigenvalue weighted by Gasteiger charge is 2.27. The van der Waals surface area contributed by atoms with E-state index in [0.29, 0.717) is 0 Å². The fourth-order valence-corrected chi connectivity index (χ4v) is 3.10. The Labute approximate surface area is 115 Å². The van der Waals surface area contributed by atoms with E-state index in [1.807, 2.05) is 18.7 Å². The maximum atomic E-state index is 12.2. The zero-order valence-electron chi connectivity index (χ0n) is 11.9. The first-order valence-electron chi connectivity index (χ1n) is 7.36. The minimum absolute atomic E-state index is 0.0733. The van der Waals surface area contributed by atoms with Gasteiger partial charge in [-0.15, -0.1) is 0 Å². The van der Waals surface area contributed by atoms with E-state index in [2.05, 4.69) is 23.1 Å². The van der Waals surface area contributed by atoms with Crippen LogP contribution in [0.2, 0.25) is 0 Å². The summed E-state index contributed by atoms with van der Waals surface area (Å²) in [7, 11) is 0. The van der Waals surface area contributed by atoms with Crippen molar-refractivity contribution < 1.29 is 4.79 Å². The molecule has 1 amide bonds. The summed E-state index contributed by atoms with van der Waals surface area (Å²) in [6, 6.07) is 6.60. The van der Waals surface area contributed by atoms with E-state index in [4.69, 9.17) is 0 Å². The Morgan fingerprint density at radius 3 is 2.58 bits per heavy atom. The zero-order chi connectivity index (χ0) is 13.4. The summed E-state index contributed by atoms with van der Waals surface area (Å²) in [5.41, 5.74) is 3.79. The Bertz CT molecular complexity index is 490. The molecule has 102 valence electrons. The smallest absolute Gasteiger partial charge is 0.229 e. The summed E-state index contributed by atoms with van der Waals surface area (Å²) in [4.78, 5) is 16.6. The lowest BCUT2D eigenvalue weighted by Crippen LogP contribution is -2.32. The highest BCUT2D eigenvalue weighted by molar-refractivity contribution is 5.96. The van der Waals surface area contributed by atoms with E-state index in [0.717, 1.165) is 18.7 Å². The van der Waals surface area contributed by atoms with Crippen molar-refractivity contribution >= 4 is 17.3 Å². The van der Waals surface area contributed by atoms with E-state index < -0.39 is 0 Å². The van der Waals surface area contributed by atoms with E-state index in [1.54, 1.807) is 0 Å². The number of nitrogens with zero attached hydrogens (tertiary/aromatic N) is 2. The van der Waals surface area contributed by atoms with Crippen LogP contribution >= 0.6 is 0 Å². The topological polar surface area (TPSA) is 23.6 Å². The molecule has 1 fully saturated rings. The Morgan fingerprint density at radius 2 is 1.89 bits per heavy atom. The molecule has 19 heavy (non-hydrogen) atoms. The SMILES string of the molecule is CC(C)C(=O)N1CCc2cc(N3CCCC3)ccc21. The summed E-state index contributed by atoms with van der Waals surface area (Å²) in [6.07, 6.45) is 3.60. The third-order valence-corrected chi connectivity index (χ3v) is 4.19. The third-order valence-electron chi connectivity index (χ3n) is 4.19. The van der Waals surface area contributed by atoms with Crippen molar-refractivity contribution in [1.29, 1.82) is 0 Å². The van der Waals surface area contributed by atoms with Gasteiger partial charge in [-0.05, 0) is 43.0 Å². The number of hydrogen-bond acceptors (Lipinski definition) is 2. The van der Waals surface area contributed by atoms with Crippen LogP contribution in [0.4, 0.5) is 11.4 Å². The number of carbonyl (C=O) groups excluding carboxylic acids is 1. The van der Waals surface area contributed by atoms with Gasteiger partial charge in [-0.25, -0.2) is 0 Å². The molecule has 3 nitrogen and oxygen atoms in total. The molecule has 0 unspecified atom stereocenters. The molecule has 0 aliphatic carbocycles. The second-order valence-corrected chi connectivity index (χ2v) is 5.90. The first-order chi connectivity index (χ1) is 9.16. The van der Waals surface area contributed by atoms with Gasteiger partial charge in [0.1, 0.15) is 0 Å². The number of fused-ring (bicyclic) bond motifs is 1. The molecular formula is C16H22N2O. The van der Waals surface area contributed by atoms with Crippen molar-refractivity contribution in [3.05, 3.63) is 23.8 Å². The number of benzene rings is 1. The average molecular weight is 258 g/mol. The van der Waals surface area contributed by atoms with Gasteiger partial charge in [-0.1, -0.05) is 13.8 Å². The predicted octanol–water partition coefficient (Wildman–Crippen LogP) is 2.83. The number of carbonyl (C=O) groups is 1. The van der Waals surface area contributed by atoms with Gasteiger partial charge in [0.15, 0.2) is 0 Å². The van der Waals surface area contributed by atoms with Crippen LogP contribution in [0.1, 0.15) is 32.3 Å². The lowest BCUT2D eigenvalue weighted by atomic mass is 10.1. The second kappa shape index (κ2) is 4.87. The van der Waals surface area contributed by atoms with E-state index in [9.17, 15) is 4.79 Å². The molecular weight excluding hydrogens is 236 g/mol. The van der Waals surface area contributed by atoms with Crippen molar-refractivity contribution in [2.24, 2.45) is 5.92 Å². The van der Waals surface area contributed by atoms with Gasteiger partial charge in [0.25, 0.3) is 0 Å². The number of rotatable bonds is 2. The van der Waals surface area contributed by atoms with Gasteiger partial charge < -0.3 is 9.80 Å². The third kappa shape index (κ3) is 2.22.